The van der Waals surface area contributed by atoms with Crippen molar-refractivity contribution < 1.29 is 0 Å². The zero-order valence-corrected chi connectivity index (χ0v) is 13.2. The van der Waals surface area contributed by atoms with Gasteiger partial charge in [-0.3, -0.25) is 0 Å². The lowest BCUT2D eigenvalue weighted by atomic mass is 9.86. The van der Waals surface area contributed by atoms with E-state index in [1.807, 2.05) is 0 Å². The zero-order valence-electron chi connectivity index (χ0n) is 13.2. The van der Waals surface area contributed by atoms with Crippen molar-refractivity contribution in [3.05, 3.63) is 95.1 Å². The molecule has 0 amide bonds. The molecule has 0 saturated heterocycles. The highest BCUT2D eigenvalue weighted by Gasteiger charge is 2.20. The normalized spacial score (nSPS) is 20.3. The van der Waals surface area contributed by atoms with Crippen LogP contribution in [-0.4, -0.2) is 6.54 Å². The quantitative estimate of drug-likeness (QED) is 0.816. The molecule has 2 aliphatic rings. The predicted octanol–water partition coefficient (Wildman–Crippen LogP) is 4.71. The predicted molar refractivity (Wildman–Crippen MR) is 98.1 cm³/mol. The SMILES string of the molecule is NCCC1=C/C(=C\C2C=CCc3ccccc32)c2ccccc21. The third-order valence-electron chi connectivity index (χ3n) is 4.78. The highest BCUT2D eigenvalue weighted by molar-refractivity contribution is 5.96. The van der Waals surface area contributed by atoms with Gasteiger partial charge in [0.05, 0.1) is 0 Å². The first-order chi connectivity index (χ1) is 11.4. The molecule has 1 heteroatoms. The number of hydrogen-bond donors (Lipinski definition) is 1. The second kappa shape index (κ2) is 6.02. The van der Waals surface area contributed by atoms with Gasteiger partial charge in [0.25, 0.3) is 0 Å². The van der Waals surface area contributed by atoms with Gasteiger partial charge >= 0.3 is 0 Å². The van der Waals surface area contributed by atoms with Gasteiger partial charge in [-0.2, -0.15) is 0 Å². The number of nitrogens with two attached hydrogens (primary N) is 1. The molecule has 0 bridgehead atoms. The second-order valence-electron chi connectivity index (χ2n) is 6.23. The molecule has 2 aromatic carbocycles. The van der Waals surface area contributed by atoms with Gasteiger partial charge < -0.3 is 5.73 Å². The van der Waals surface area contributed by atoms with Crippen molar-refractivity contribution in [2.45, 2.75) is 18.8 Å². The molecule has 4 rings (SSSR count). The van der Waals surface area contributed by atoms with Gasteiger partial charge in [0.15, 0.2) is 0 Å². The largest absolute Gasteiger partial charge is 0.330 e. The molecule has 2 aliphatic carbocycles. The molecular weight excluding hydrogens is 278 g/mol. The van der Waals surface area contributed by atoms with Crippen LogP contribution in [0.15, 0.2) is 72.8 Å². The van der Waals surface area contributed by atoms with Gasteiger partial charge in [0.2, 0.25) is 0 Å². The standard InChI is InChI=1S/C22H21N/c23-13-12-18-15-19(22-11-4-3-10-21(18)22)14-17-8-5-7-16-6-1-2-9-20(16)17/h1-6,8-11,14-15,17H,7,12-13,23H2/b19-14+. The second-order valence-corrected chi connectivity index (χ2v) is 6.23. The number of hydrogen-bond acceptors (Lipinski definition) is 1. The van der Waals surface area contributed by atoms with E-state index >= 15 is 0 Å². The van der Waals surface area contributed by atoms with Crippen LogP contribution in [0.4, 0.5) is 0 Å². The van der Waals surface area contributed by atoms with Gasteiger partial charge in [0, 0.05) is 5.92 Å². The van der Waals surface area contributed by atoms with Crippen LogP contribution in [0.5, 0.6) is 0 Å². The van der Waals surface area contributed by atoms with E-state index < -0.39 is 0 Å². The van der Waals surface area contributed by atoms with Gasteiger partial charge in [-0.25, -0.2) is 0 Å². The molecule has 0 aromatic heterocycles. The first-order valence-corrected chi connectivity index (χ1v) is 8.33. The topological polar surface area (TPSA) is 26.0 Å². The number of allylic oxidation sites excluding steroid dienone is 5. The molecule has 0 saturated carbocycles. The van der Waals surface area contributed by atoms with E-state index in [9.17, 15) is 0 Å². The Labute approximate surface area is 137 Å². The zero-order chi connectivity index (χ0) is 15.6. The monoisotopic (exact) mass is 299 g/mol. The van der Waals surface area contributed by atoms with Gasteiger partial charge in [0.1, 0.15) is 0 Å². The minimum Gasteiger partial charge on any atom is -0.330 e. The van der Waals surface area contributed by atoms with E-state index in [4.69, 9.17) is 5.73 Å². The van der Waals surface area contributed by atoms with Crippen LogP contribution in [-0.2, 0) is 6.42 Å². The smallest absolute Gasteiger partial charge is 0.0210 e. The summed E-state index contributed by atoms with van der Waals surface area (Å²) < 4.78 is 0. The summed E-state index contributed by atoms with van der Waals surface area (Å²) >= 11 is 0. The summed E-state index contributed by atoms with van der Waals surface area (Å²) in [5, 5.41) is 0. The van der Waals surface area contributed by atoms with Crippen molar-refractivity contribution in [2.75, 3.05) is 6.54 Å². The average molecular weight is 299 g/mol. The molecule has 0 aliphatic heterocycles. The summed E-state index contributed by atoms with van der Waals surface area (Å²) in [6.45, 7) is 0.694. The van der Waals surface area contributed by atoms with E-state index in [0.717, 1.165) is 12.8 Å². The minimum absolute atomic E-state index is 0.358. The average Bonchev–Trinajstić information content (AvgIpc) is 2.94. The Morgan fingerprint density at radius 2 is 1.78 bits per heavy atom. The van der Waals surface area contributed by atoms with Crippen molar-refractivity contribution in [3.8, 4) is 0 Å². The van der Waals surface area contributed by atoms with Crippen molar-refractivity contribution in [1.29, 1.82) is 0 Å². The van der Waals surface area contributed by atoms with Crippen LogP contribution in [0.25, 0.3) is 11.1 Å². The molecule has 1 nitrogen and oxygen atoms in total. The maximum Gasteiger partial charge on any atom is 0.0210 e. The summed E-state index contributed by atoms with van der Waals surface area (Å²) in [4.78, 5) is 0. The number of fused-ring (bicyclic) bond motifs is 2. The maximum absolute atomic E-state index is 5.79. The fraction of sp³-hybridized carbons (Fsp3) is 0.182. The lowest BCUT2D eigenvalue weighted by Gasteiger charge is -2.18. The van der Waals surface area contributed by atoms with Gasteiger partial charge in [-0.05, 0) is 52.8 Å². The lowest BCUT2D eigenvalue weighted by molar-refractivity contribution is 0.991. The van der Waals surface area contributed by atoms with Crippen LogP contribution in [0.2, 0.25) is 0 Å². The summed E-state index contributed by atoms with van der Waals surface area (Å²) in [5.41, 5.74) is 14.0. The first-order valence-electron chi connectivity index (χ1n) is 8.33. The van der Waals surface area contributed by atoms with Crippen LogP contribution in [0, 0.1) is 0 Å². The first kappa shape index (κ1) is 14.2. The molecule has 1 atom stereocenters. The summed E-state index contributed by atoms with van der Waals surface area (Å²) in [6.07, 6.45) is 11.3. The van der Waals surface area contributed by atoms with Gasteiger partial charge in [-0.15, -0.1) is 0 Å². The Balaban J connectivity index is 1.77. The molecule has 0 heterocycles. The molecule has 114 valence electrons. The third kappa shape index (κ3) is 2.58. The van der Waals surface area contributed by atoms with E-state index in [-0.39, 0.29) is 0 Å². The third-order valence-corrected chi connectivity index (χ3v) is 4.78. The fourth-order valence-electron chi connectivity index (χ4n) is 3.69. The van der Waals surface area contributed by atoms with Gasteiger partial charge in [-0.1, -0.05) is 72.8 Å². The molecule has 0 radical (unpaired) electrons. The van der Waals surface area contributed by atoms with E-state index in [1.165, 1.54) is 33.4 Å². The Morgan fingerprint density at radius 3 is 2.65 bits per heavy atom. The molecular formula is C22H21N. The van der Waals surface area contributed by atoms with Crippen LogP contribution in [0.1, 0.15) is 34.6 Å². The van der Waals surface area contributed by atoms with Crippen molar-refractivity contribution in [2.24, 2.45) is 5.73 Å². The van der Waals surface area contributed by atoms with Crippen LogP contribution >= 0.6 is 0 Å². The molecule has 0 fully saturated rings. The van der Waals surface area contributed by atoms with E-state index in [0.29, 0.717) is 12.5 Å². The Bertz CT molecular complexity index is 823. The van der Waals surface area contributed by atoms with Crippen molar-refractivity contribution in [1.82, 2.24) is 0 Å². The van der Waals surface area contributed by atoms with Crippen molar-refractivity contribution >= 4 is 11.1 Å². The molecule has 0 spiro atoms. The van der Waals surface area contributed by atoms with Crippen molar-refractivity contribution in [3.63, 3.8) is 0 Å². The fourth-order valence-corrected chi connectivity index (χ4v) is 3.69. The lowest BCUT2D eigenvalue weighted by Crippen LogP contribution is -2.02. The maximum atomic E-state index is 5.79. The number of rotatable bonds is 3. The molecule has 2 aromatic rings. The van der Waals surface area contributed by atoms with E-state index in [2.05, 4.69) is 72.8 Å². The highest BCUT2D eigenvalue weighted by atomic mass is 14.5. The number of benzene rings is 2. The Hall–Kier alpha value is -2.38. The van der Waals surface area contributed by atoms with Crippen LogP contribution < -0.4 is 5.73 Å². The Kier molecular flexibility index (Phi) is 3.72. The summed E-state index contributed by atoms with van der Waals surface area (Å²) in [5.74, 6) is 0.358. The molecule has 23 heavy (non-hydrogen) atoms. The summed E-state index contributed by atoms with van der Waals surface area (Å²) in [6, 6.07) is 17.4. The molecule has 1 unspecified atom stereocenters. The Morgan fingerprint density at radius 1 is 1.00 bits per heavy atom. The van der Waals surface area contributed by atoms with Crippen LogP contribution in [0.3, 0.4) is 0 Å². The summed E-state index contributed by atoms with van der Waals surface area (Å²) in [7, 11) is 0. The minimum atomic E-state index is 0.358. The molecule has 2 N–H and O–H groups in total. The van der Waals surface area contributed by atoms with E-state index in [1.54, 1.807) is 0 Å². The highest BCUT2D eigenvalue weighted by Crippen LogP contribution is 2.39.